The lowest BCUT2D eigenvalue weighted by molar-refractivity contribution is -0.122. The molecule has 7 nitrogen and oxygen atoms in total. The molecule has 1 aromatic heterocycles. The predicted molar refractivity (Wildman–Crippen MR) is 77.3 cm³/mol. The van der Waals surface area contributed by atoms with Gasteiger partial charge < -0.3 is 10.6 Å². The molecule has 2 aliphatic rings. The summed E-state index contributed by atoms with van der Waals surface area (Å²) in [5.74, 6) is 0.0746. The van der Waals surface area contributed by atoms with Gasteiger partial charge in [-0.3, -0.25) is 19.0 Å². The molecule has 2 amide bonds. The van der Waals surface area contributed by atoms with Crippen LogP contribution in [0.4, 0.5) is 0 Å². The van der Waals surface area contributed by atoms with Gasteiger partial charge >= 0.3 is 0 Å². The number of hydrogen-bond donors (Lipinski definition) is 2. The summed E-state index contributed by atoms with van der Waals surface area (Å²) in [7, 11) is 0. The molecule has 1 saturated heterocycles. The maximum Gasteiger partial charge on any atom is 0.267 e. The number of nitrogens with one attached hydrogen (secondary N) is 2. The van der Waals surface area contributed by atoms with Crippen molar-refractivity contribution in [2.24, 2.45) is 0 Å². The van der Waals surface area contributed by atoms with E-state index in [1.807, 2.05) is 0 Å². The van der Waals surface area contributed by atoms with Crippen LogP contribution in [0, 0.1) is 0 Å². The topological polar surface area (TPSA) is 93.1 Å². The van der Waals surface area contributed by atoms with Crippen molar-refractivity contribution in [2.75, 3.05) is 12.3 Å². The molecule has 0 radical (unpaired) electrons. The highest BCUT2D eigenvalue weighted by Crippen LogP contribution is 2.20. The van der Waals surface area contributed by atoms with Crippen molar-refractivity contribution >= 4 is 23.6 Å². The Morgan fingerprint density at radius 1 is 1.43 bits per heavy atom. The first kappa shape index (κ1) is 14.1. The highest BCUT2D eigenvalue weighted by Gasteiger charge is 2.25. The molecule has 0 saturated carbocycles. The zero-order valence-electron chi connectivity index (χ0n) is 11.4. The summed E-state index contributed by atoms with van der Waals surface area (Å²) in [6.45, 7) is 1.20. The van der Waals surface area contributed by atoms with Gasteiger partial charge in [0.15, 0.2) is 5.16 Å². The van der Waals surface area contributed by atoms with Crippen LogP contribution in [0.25, 0.3) is 0 Å². The molecular weight excluding hydrogens is 292 g/mol. The third-order valence-corrected chi connectivity index (χ3v) is 4.61. The van der Waals surface area contributed by atoms with Gasteiger partial charge in [-0.2, -0.15) is 0 Å². The molecule has 2 N–H and O–H groups in total. The van der Waals surface area contributed by atoms with E-state index in [9.17, 15) is 14.4 Å². The highest BCUT2D eigenvalue weighted by molar-refractivity contribution is 7.99. The van der Waals surface area contributed by atoms with Crippen molar-refractivity contribution < 1.29 is 9.59 Å². The second-order valence-electron chi connectivity index (χ2n) is 5.07. The first-order valence-corrected chi connectivity index (χ1v) is 7.96. The number of aromatic nitrogens is 2. The van der Waals surface area contributed by atoms with Crippen LogP contribution in [0.15, 0.2) is 16.1 Å². The van der Waals surface area contributed by atoms with Gasteiger partial charge in [0.2, 0.25) is 5.91 Å². The number of rotatable bonds is 2. The van der Waals surface area contributed by atoms with Crippen LogP contribution >= 0.6 is 11.8 Å². The van der Waals surface area contributed by atoms with Crippen molar-refractivity contribution in [3.63, 3.8) is 0 Å². The van der Waals surface area contributed by atoms with Crippen LogP contribution in [0.3, 0.4) is 0 Å². The van der Waals surface area contributed by atoms with E-state index in [1.54, 1.807) is 0 Å². The summed E-state index contributed by atoms with van der Waals surface area (Å²) in [6, 6.07) is -0.577. The van der Waals surface area contributed by atoms with E-state index in [0.717, 1.165) is 18.6 Å². The molecule has 2 aliphatic heterocycles. The standard InChI is InChI=1S/C13H16N4O3S/c18-10(16-9-3-1-2-4-14-11(9)19)8-7-15-13-17(12(8)20)5-6-21-13/h7,9H,1-6H2,(H,14,19)(H,16,18). The van der Waals surface area contributed by atoms with E-state index in [2.05, 4.69) is 15.6 Å². The molecule has 1 unspecified atom stereocenters. The van der Waals surface area contributed by atoms with E-state index >= 15 is 0 Å². The van der Waals surface area contributed by atoms with Gasteiger partial charge in [0.25, 0.3) is 11.5 Å². The Bertz CT molecular complexity index is 643. The molecule has 8 heteroatoms. The Hall–Kier alpha value is -1.83. The number of nitrogens with zero attached hydrogens (tertiary/aromatic N) is 2. The third-order valence-electron chi connectivity index (χ3n) is 3.64. The van der Waals surface area contributed by atoms with Crippen molar-refractivity contribution in [3.8, 4) is 0 Å². The van der Waals surface area contributed by atoms with Gasteiger partial charge in [-0.05, 0) is 19.3 Å². The van der Waals surface area contributed by atoms with Crippen molar-refractivity contribution in [3.05, 3.63) is 22.1 Å². The molecule has 0 aromatic carbocycles. The van der Waals surface area contributed by atoms with Gasteiger partial charge in [-0.1, -0.05) is 11.8 Å². The SMILES string of the molecule is O=C(NC1CCCCNC1=O)c1cnc2n(c1=O)CCS2. The fourth-order valence-corrected chi connectivity index (χ4v) is 3.40. The molecule has 0 spiro atoms. The average molecular weight is 308 g/mol. The van der Waals surface area contributed by atoms with Crippen LogP contribution in [0.2, 0.25) is 0 Å². The first-order chi connectivity index (χ1) is 10.2. The second-order valence-corrected chi connectivity index (χ2v) is 6.13. The minimum absolute atomic E-state index is 0.00158. The number of amides is 2. The zero-order valence-corrected chi connectivity index (χ0v) is 12.2. The number of carbonyl (C=O) groups is 2. The molecule has 1 aromatic rings. The third kappa shape index (κ3) is 2.80. The monoisotopic (exact) mass is 308 g/mol. The van der Waals surface area contributed by atoms with Gasteiger partial charge in [-0.25, -0.2) is 4.98 Å². The van der Waals surface area contributed by atoms with Gasteiger partial charge in [0, 0.05) is 25.0 Å². The lowest BCUT2D eigenvalue weighted by Crippen LogP contribution is -2.47. The van der Waals surface area contributed by atoms with Crippen molar-refractivity contribution in [1.29, 1.82) is 0 Å². The Morgan fingerprint density at radius 2 is 2.29 bits per heavy atom. The van der Waals surface area contributed by atoms with Crippen LogP contribution in [0.5, 0.6) is 0 Å². The van der Waals surface area contributed by atoms with E-state index in [1.165, 1.54) is 22.5 Å². The summed E-state index contributed by atoms with van der Waals surface area (Å²) >= 11 is 1.50. The molecule has 3 rings (SSSR count). The molecule has 21 heavy (non-hydrogen) atoms. The summed E-state index contributed by atoms with van der Waals surface area (Å²) in [6.07, 6.45) is 3.66. The maximum absolute atomic E-state index is 12.2. The van der Waals surface area contributed by atoms with E-state index < -0.39 is 11.9 Å². The summed E-state index contributed by atoms with van der Waals surface area (Å²) < 4.78 is 1.51. The Kier molecular flexibility index (Phi) is 3.96. The molecule has 3 heterocycles. The summed E-state index contributed by atoms with van der Waals surface area (Å²) in [5, 5.41) is 6.04. The van der Waals surface area contributed by atoms with Gasteiger partial charge in [-0.15, -0.1) is 0 Å². The number of thioether (sulfide) groups is 1. The normalized spacial score (nSPS) is 21.3. The molecular formula is C13H16N4O3S. The summed E-state index contributed by atoms with van der Waals surface area (Å²) in [4.78, 5) is 40.4. The predicted octanol–water partition coefficient (Wildman–Crippen LogP) is -0.253. The second kappa shape index (κ2) is 5.88. The quantitative estimate of drug-likeness (QED) is 0.735. The van der Waals surface area contributed by atoms with Gasteiger partial charge in [0.1, 0.15) is 11.6 Å². The number of carbonyl (C=O) groups excluding carboxylic acids is 2. The minimum Gasteiger partial charge on any atom is -0.354 e. The minimum atomic E-state index is -0.577. The van der Waals surface area contributed by atoms with E-state index in [4.69, 9.17) is 0 Å². The smallest absolute Gasteiger partial charge is 0.267 e. The average Bonchev–Trinajstić information content (AvgIpc) is 2.86. The molecule has 112 valence electrons. The molecule has 1 fully saturated rings. The zero-order chi connectivity index (χ0) is 14.8. The van der Waals surface area contributed by atoms with Crippen LogP contribution in [-0.2, 0) is 11.3 Å². The van der Waals surface area contributed by atoms with Crippen molar-refractivity contribution in [1.82, 2.24) is 20.2 Å². The lowest BCUT2D eigenvalue weighted by Gasteiger charge is -2.15. The van der Waals surface area contributed by atoms with Crippen LogP contribution in [0.1, 0.15) is 29.6 Å². The number of hydrogen-bond acceptors (Lipinski definition) is 5. The van der Waals surface area contributed by atoms with E-state index in [-0.39, 0.29) is 17.0 Å². The van der Waals surface area contributed by atoms with Gasteiger partial charge in [0.05, 0.1) is 0 Å². The fourth-order valence-electron chi connectivity index (χ4n) is 2.49. The highest BCUT2D eigenvalue weighted by atomic mass is 32.2. The Morgan fingerprint density at radius 3 is 3.14 bits per heavy atom. The van der Waals surface area contributed by atoms with E-state index in [0.29, 0.717) is 24.7 Å². The molecule has 0 bridgehead atoms. The van der Waals surface area contributed by atoms with Crippen LogP contribution < -0.4 is 16.2 Å². The van der Waals surface area contributed by atoms with Crippen LogP contribution in [-0.4, -0.2) is 39.7 Å². The maximum atomic E-state index is 12.2. The number of fused-ring (bicyclic) bond motifs is 1. The largest absolute Gasteiger partial charge is 0.354 e. The Labute approximate surface area is 125 Å². The summed E-state index contributed by atoms with van der Waals surface area (Å²) in [5.41, 5.74) is -0.338. The Balaban J connectivity index is 1.79. The molecule has 0 aliphatic carbocycles. The van der Waals surface area contributed by atoms with Crippen molar-refractivity contribution in [2.45, 2.75) is 37.0 Å². The first-order valence-electron chi connectivity index (χ1n) is 6.98. The fraction of sp³-hybridized carbons (Fsp3) is 0.538. The molecule has 1 atom stereocenters. The lowest BCUT2D eigenvalue weighted by atomic mass is 10.1.